The Kier molecular flexibility index (Phi) is 3.59. The van der Waals surface area contributed by atoms with Crippen molar-refractivity contribution in [2.24, 2.45) is 5.10 Å². The molecule has 0 radical (unpaired) electrons. The standard InChI is InChI=1S/C14H15N3O5S/c1-14(6-17-9(19)4-10(17)23-14)5-15-16-13(22)7-2-3-8(18)12(21)11(7)20/h2-3,5,10,18,20-21H,4,6H2,1H3,(H,16,22)/b15-5+/t10-,14+/m1/s1. The van der Waals surface area contributed by atoms with Crippen molar-refractivity contribution in [2.75, 3.05) is 6.54 Å². The van der Waals surface area contributed by atoms with Gasteiger partial charge in [0, 0.05) is 12.8 Å². The molecule has 8 nitrogen and oxygen atoms in total. The van der Waals surface area contributed by atoms with Gasteiger partial charge < -0.3 is 20.2 Å². The van der Waals surface area contributed by atoms with Crippen molar-refractivity contribution in [3.05, 3.63) is 17.7 Å². The second kappa shape index (κ2) is 5.34. The van der Waals surface area contributed by atoms with E-state index < -0.39 is 23.2 Å². The summed E-state index contributed by atoms with van der Waals surface area (Å²) < 4.78 is -0.386. The van der Waals surface area contributed by atoms with E-state index in [1.165, 1.54) is 6.07 Å². The number of β-lactam (4-membered cyclic amide) rings is 1. The van der Waals surface area contributed by atoms with E-state index in [0.717, 1.165) is 6.07 Å². The number of hydrogen-bond acceptors (Lipinski definition) is 7. The molecule has 0 spiro atoms. The van der Waals surface area contributed by atoms with Gasteiger partial charge in [-0.15, -0.1) is 11.8 Å². The fraction of sp³-hybridized carbons (Fsp3) is 0.357. The maximum atomic E-state index is 12.0. The summed E-state index contributed by atoms with van der Waals surface area (Å²) in [7, 11) is 0. The maximum Gasteiger partial charge on any atom is 0.275 e. The van der Waals surface area contributed by atoms with Gasteiger partial charge in [-0.05, 0) is 19.1 Å². The lowest BCUT2D eigenvalue weighted by atomic mass is 10.1. The number of rotatable bonds is 3. The second-order valence-electron chi connectivity index (χ2n) is 5.64. The Morgan fingerprint density at radius 1 is 1.43 bits per heavy atom. The van der Waals surface area contributed by atoms with Gasteiger partial charge in [-0.3, -0.25) is 9.59 Å². The summed E-state index contributed by atoms with van der Waals surface area (Å²) >= 11 is 1.60. The van der Waals surface area contributed by atoms with Gasteiger partial charge >= 0.3 is 0 Å². The van der Waals surface area contributed by atoms with E-state index >= 15 is 0 Å². The number of phenols is 3. The van der Waals surface area contributed by atoms with Crippen molar-refractivity contribution in [1.82, 2.24) is 10.3 Å². The average molecular weight is 337 g/mol. The van der Waals surface area contributed by atoms with E-state index in [1.54, 1.807) is 22.9 Å². The van der Waals surface area contributed by atoms with Crippen molar-refractivity contribution in [3.63, 3.8) is 0 Å². The van der Waals surface area contributed by atoms with Crippen LogP contribution >= 0.6 is 11.8 Å². The summed E-state index contributed by atoms with van der Waals surface area (Å²) in [4.78, 5) is 25.1. The van der Waals surface area contributed by atoms with Crippen LogP contribution in [-0.4, -0.2) is 54.9 Å². The molecule has 9 heteroatoms. The molecule has 0 saturated carbocycles. The number of thioether (sulfide) groups is 1. The number of hydrogen-bond donors (Lipinski definition) is 4. The molecule has 1 aromatic rings. The number of carbonyl (C=O) groups is 2. The van der Waals surface area contributed by atoms with Gasteiger partial charge in [0.2, 0.25) is 11.7 Å². The molecule has 2 heterocycles. The van der Waals surface area contributed by atoms with Crippen LogP contribution in [0.25, 0.3) is 0 Å². The molecular weight excluding hydrogens is 322 g/mol. The van der Waals surface area contributed by atoms with Crippen LogP contribution in [0.1, 0.15) is 23.7 Å². The highest BCUT2D eigenvalue weighted by atomic mass is 32.2. The Labute approximate surface area is 135 Å². The van der Waals surface area contributed by atoms with Crippen molar-refractivity contribution in [2.45, 2.75) is 23.5 Å². The molecule has 3 rings (SSSR count). The molecule has 2 fully saturated rings. The van der Waals surface area contributed by atoms with Gasteiger partial charge in [-0.25, -0.2) is 5.43 Å². The lowest BCUT2D eigenvalue weighted by Crippen LogP contribution is -2.47. The first-order chi connectivity index (χ1) is 10.8. The highest BCUT2D eigenvalue weighted by Crippen LogP contribution is 2.45. The number of benzene rings is 1. The first-order valence-electron chi connectivity index (χ1n) is 6.86. The molecule has 0 bridgehead atoms. The van der Waals surface area contributed by atoms with Gasteiger partial charge in [0.05, 0.1) is 22.1 Å². The molecule has 0 aliphatic carbocycles. The lowest BCUT2D eigenvalue weighted by Gasteiger charge is -2.32. The molecule has 4 N–H and O–H groups in total. The molecule has 2 aliphatic heterocycles. The van der Waals surface area contributed by atoms with Gasteiger partial charge in [0.25, 0.3) is 5.91 Å². The zero-order valence-electron chi connectivity index (χ0n) is 12.2. The molecular formula is C14H15N3O5S. The number of phenolic OH excluding ortho intramolecular Hbond substituents is 3. The van der Waals surface area contributed by atoms with Gasteiger partial charge in [0.1, 0.15) is 0 Å². The minimum atomic E-state index is -0.761. The molecule has 2 aliphatic rings. The molecule has 0 aromatic heterocycles. The number of fused-ring (bicyclic) bond motifs is 1. The molecule has 0 unspecified atom stereocenters. The maximum absolute atomic E-state index is 12.0. The van der Waals surface area contributed by atoms with E-state index in [4.69, 9.17) is 0 Å². The topological polar surface area (TPSA) is 122 Å². The van der Waals surface area contributed by atoms with Crippen molar-refractivity contribution in [3.8, 4) is 17.2 Å². The summed E-state index contributed by atoms with van der Waals surface area (Å²) in [5.41, 5.74) is 2.05. The lowest BCUT2D eigenvalue weighted by molar-refractivity contribution is -0.140. The van der Waals surface area contributed by atoms with Crippen LogP contribution < -0.4 is 5.43 Å². The number of aromatic hydroxyl groups is 3. The molecule has 23 heavy (non-hydrogen) atoms. The molecule has 2 saturated heterocycles. The minimum absolute atomic E-state index is 0.119. The number of amides is 2. The molecule has 1 aromatic carbocycles. The Morgan fingerprint density at radius 3 is 2.83 bits per heavy atom. The van der Waals surface area contributed by atoms with Crippen molar-refractivity contribution in [1.29, 1.82) is 0 Å². The van der Waals surface area contributed by atoms with Crippen LogP contribution in [0.5, 0.6) is 17.2 Å². The first kappa shape index (κ1) is 15.5. The minimum Gasteiger partial charge on any atom is -0.504 e. The van der Waals surface area contributed by atoms with E-state index in [1.807, 2.05) is 6.92 Å². The zero-order chi connectivity index (χ0) is 16.8. The number of nitrogens with zero attached hydrogens (tertiary/aromatic N) is 2. The monoisotopic (exact) mass is 337 g/mol. The molecule has 2 atom stereocenters. The van der Waals surface area contributed by atoms with E-state index in [-0.39, 0.29) is 21.6 Å². The third kappa shape index (κ3) is 2.67. The Balaban J connectivity index is 1.65. The van der Waals surface area contributed by atoms with Crippen LogP contribution in [0, 0.1) is 0 Å². The number of nitrogens with one attached hydrogen (secondary N) is 1. The summed E-state index contributed by atoms with van der Waals surface area (Å²) in [5, 5.41) is 32.3. The van der Waals surface area contributed by atoms with Crippen molar-refractivity contribution >= 4 is 29.8 Å². The Hall–Kier alpha value is -2.42. The van der Waals surface area contributed by atoms with Crippen LogP contribution in [-0.2, 0) is 4.79 Å². The quantitative estimate of drug-likeness (QED) is 0.277. The summed E-state index contributed by atoms with van der Waals surface area (Å²) in [6.45, 7) is 2.45. The van der Waals surface area contributed by atoms with Gasteiger partial charge in [0.15, 0.2) is 11.5 Å². The third-order valence-corrected chi connectivity index (χ3v) is 5.25. The summed E-state index contributed by atoms with van der Waals surface area (Å²) in [5.74, 6) is -2.60. The largest absolute Gasteiger partial charge is 0.504 e. The zero-order valence-corrected chi connectivity index (χ0v) is 13.0. The van der Waals surface area contributed by atoms with E-state index in [9.17, 15) is 24.9 Å². The fourth-order valence-corrected chi connectivity index (χ4v) is 4.01. The van der Waals surface area contributed by atoms with Crippen molar-refractivity contribution < 1.29 is 24.9 Å². The average Bonchev–Trinajstić information content (AvgIpc) is 2.77. The van der Waals surface area contributed by atoms with Crippen LogP contribution in [0.2, 0.25) is 0 Å². The molecule has 2 amide bonds. The normalized spacial score (nSPS) is 26.2. The summed E-state index contributed by atoms with van der Waals surface area (Å²) in [6.07, 6.45) is 2.08. The smallest absolute Gasteiger partial charge is 0.275 e. The van der Waals surface area contributed by atoms with Crippen LogP contribution in [0.4, 0.5) is 0 Å². The Morgan fingerprint density at radius 2 is 2.17 bits per heavy atom. The number of carbonyl (C=O) groups excluding carboxylic acids is 2. The predicted molar refractivity (Wildman–Crippen MR) is 83.5 cm³/mol. The highest BCUT2D eigenvalue weighted by molar-refractivity contribution is 8.02. The third-order valence-electron chi connectivity index (χ3n) is 3.79. The second-order valence-corrected chi connectivity index (χ2v) is 7.35. The first-order valence-corrected chi connectivity index (χ1v) is 7.74. The predicted octanol–water partition coefficient (Wildman–Crippen LogP) is 0.583. The summed E-state index contributed by atoms with van der Waals surface area (Å²) in [6, 6.07) is 2.27. The van der Waals surface area contributed by atoms with Crippen LogP contribution in [0.15, 0.2) is 17.2 Å². The SMILES string of the molecule is C[C@]1(/C=N/NC(=O)c2ccc(O)c(O)c2O)CN2C(=O)C[C@H]2S1. The van der Waals surface area contributed by atoms with Gasteiger partial charge in [-0.2, -0.15) is 5.10 Å². The van der Waals surface area contributed by atoms with E-state index in [0.29, 0.717) is 13.0 Å². The fourth-order valence-electron chi connectivity index (χ4n) is 2.52. The van der Waals surface area contributed by atoms with E-state index in [2.05, 4.69) is 10.5 Å². The van der Waals surface area contributed by atoms with Crippen LogP contribution in [0.3, 0.4) is 0 Å². The molecule has 122 valence electrons. The highest BCUT2D eigenvalue weighted by Gasteiger charge is 2.49. The Bertz CT molecular complexity index is 723. The van der Waals surface area contributed by atoms with Gasteiger partial charge in [-0.1, -0.05) is 0 Å². The number of hydrazone groups is 1.